The zero-order chi connectivity index (χ0) is 15.2. The SMILES string of the molecule is COc1ccc(CN2CC(C)C(C)C2)cc1C#CCCO. The second-order valence-electron chi connectivity index (χ2n) is 5.96. The van der Waals surface area contributed by atoms with Crippen LogP contribution < -0.4 is 4.74 Å². The van der Waals surface area contributed by atoms with Gasteiger partial charge in [-0.15, -0.1) is 0 Å². The number of aliphatic hydroxyl groups excluding tert-OH is 1. The number of benzene rings is 1. The number of rotatable bonds is 4. The highest BCUT2D eigenvalue weighted by atomic mass is 16.5. The van der Waals surface area contributed by atoms with Gasteiger partial charge in [-0.25, -0.2) is 0 Å². The average Bonchev–Trinajstić information content (AvgIpc) is 2.78. The van der Waals surface area contributed by atoms with Gasteiger partial charge in [0, 0.05) is 26.1 Å². The van der Waals surface area contributed by atoms with Crippen molar-refractivity contribution in [2.24, 2.45) is 11.8 Å². The predicted molar refractivity (Wildman–Crippen MR) is 85.2 cm³/mol. The molecule has 1 heterocycles. The molecule has 0 radical (unpaired) electrons. The topological polar surface area (TPSA) is 32.7 Å². The van der Waals surface area contributed by atoms with Gasteiger partial charge in [-0.05, 0) is 29.5 Å². The molecule has 0 aromatic heterocycles. The molecule has 1 fully saturated rings. The van der Waals surface area contributed by atoms with Crippen LogP contribution in [-0.4, -0.2) is 36.8 Å². The lowest BCUT2D eigenvalue weighted by molar-refractivity contribution is 0.305. The molecule has 0 bridgehead atoms. The quantitative estimate of drug-likeness (QED) is 0.864. The molecule has 1 aromatic rings. The molecule has 2 unspecified atom stereocenters. The molecule has 1 saturated heterocycles. The molecule has 0 saturated carbocycles. The van der Waals surface area contributed by atoms with E-state index in [2.05, 4.69) is 42.7 Å². The van der Waals surface area contributed by atoms with E-state index >= 15 is 0 Å². The van der Waals surface area contributed by atoms with Crippen LogP contribution in [0.5, 0.6) is 5.75 Å². The Morgan fingerprint density at radius 2 is 2.00 bits per heavy atom. The van der Waals surface area contributed by atoms with Crippen molar-refractivity contribution in [2.75, 3.05) is 26.8 Å². The van der Waals surface area contributed by atoms with E-state index in [1.807, 2.05) is 6.07 Å². The third kappa shape index (κ3) is 4.23. The van der Waals surface area contributed by atoms with E-state index in [9.17, 15) is 0 Å². The van der Waals surface area contributed by atoms with Gasteiger partial charge in [-0.2, -0.15) is 0 Å². The molecule has 1 N–H and O–H groups in total. The summed E-state index contributed by atoms with van der Waals surface area (Å²) >= 11 is 0. The van der Waals surface area contributed by atoms with E-state index < -0.39 is 0 Å². The van der Waals surface area contributed by atoms with Gasteiger partial charge in [0.1, 0.15) is 5.75 Å². The Labute approximate surface area is 127 Å². The van der Waals surface area contributed by atoms with Gasteiger partial charge in [0.2, 0.25) is 0 Å². The minimum absolute atomic E-state index is 0.0958. The maximum absolute atomic E-state index is 8.82. The summed E-state index contributed by atoms with van der Waals surface area (Å²) in [6, 6.07) is 6.21. The summed E-state index contributed by atoms with van der Waals surface area (Å²) in [5.41, 5.74) is 2.18. The third-order valence-corrected chi connectivity index (χ3v) is 4.19. The van der Waals surface area contributed by atoms with Gasteiger partial charge in [0.05, 0.1) is 19.3 Å². The predicted octanol–water partition coefficient (Wildman–Crippen LogP) is 2.52. The van der Waals surface area contributed by atoms with E-state index in [4.69, 9.17) is 9.84 Å². The largest absolute Gasteiger partial charge is 0.495 e. The van der Waals surface area contributed by atoms with Crippen molar-refractivity contribution in [3.63, 3.8) is 0 Å². The van der Waals surface area contributed by atoms with Crippen molar-refractivity contribution in [3.05, 3.63) is 29.3 Å². The van der Waals surface area contributed by atoms with Crippen LogP contribution in [0.1, 0.15) is 31.4 Å². The maximum Gasteiger partial charge on any atom is 0.134 e. The van der Waals surface area contributed by atoms with Crippen LogP contribution in [0.25, 0.3) is 0 Å². The van der Waals surface area contributed by atoms with Crippen molar-refractivity contribution in [3.8, 4) is 17.6 Å². The van der Waals surface area contributed by atoms with Gasteiger partial charge in [-0.1, -0.05) is 31.8 Å². The summed E-state index contributed by atoms with van der Waals surface area (Å²) in [6.45, 7) is 8.04. The van der Waals surface area contributed by atoms with Crippen LogP contribution in [0.15, 0.2) is 18.2 Å². The summed E-state index contributed by atoms with van der Waals surface area (Å²) in [4.78, 5) is 2.50. The van der Waals surface area contributed by atoms with E-state index in [-0.39, 0.29) is 6.61 Å². The second-order valence-corrected chi connectivity index (χ2v) is 5.96. The van der Waals surface area contributed by atoms with Crippen molar-refractivity contribution < 1.29 is 9.84 Å². The van der Waals surface area contributed by atoms with Gasteiger partial charge in [0.15, 0.2) is 0 Å². The molecule has 0 aliphatic carbocycles. The minimum Gasteiger partial charge on any atom is -0.495 e. The molecular weight excluding hydrogens is 262 g/mol. The molecule has 114 valence electrons. The normalized spacial score (nSPS) is 21.9. The van der Waals surface area contributed by atoms with E-state index in [1.165, 1.54) is 18.7 Å². The first-order valence-electron chi connectivity index (χ1n) is 7.63. The molecular formula is C18H25NO2. The van der Waals surface area contributed by atoms with Crippen LogP contribution in [-0.2, 0) is 6.54 Å². The molecule has 1 aliphatic heterocycles. The van der Waals surface area contributed by atoms with Crippen LogP contribution in [0.3, 0.4) is 0 Å². The molecule has 2 rings (SSSR count). The standard InChI is InChI=1S/C18H25NO2/c1-14-11-19(12-15(14)2)13-16-7-8-18(21-3)17(10-16)6-4-5-9-20/h7-8,10,14-15,20H,5,9,11-13H2,1-3H3. The number of methoxy groups -OCH3 is 1. The molecule has 2 atom stereocenters. The number of aliphatic hydroxyl groups is 1. The molecule has 21 heavy (non-hydrogen) atoms. The monoisotopic (exact) mass is 287 g/mol. The fourth-order valence-corrected chi connectivity index (χ4v) is 2.80. The smallest absolute Gasteiger partial charge is 0.134 e. The Balaban J connectivity index is 2.11. The van der Waals surface area contributed by atoms with Crippen LogP contribution >= 0.6 is 0 Å². The van der Waals surface area contributed by atoms with Gasteiger partial charge in [0.25, 0.3) is 0 Å². The zero-order valence-corrected chi connectivity index (χ0v) is 13.2. The Morgan fingerprint density at radius 1 is 1.29 bits per heavy atom. The highest BCUT2D eigenvalue weighted by molar-refractivity contribution is 5.48. The first kappa shape index (κ1) is 15.9. The van der Waals surface area contributed by atoms with E-state index in [1.54, 1.807) is 7.11 Å². The Morgan fingerprint density at radius 3 is 2.62 bits per heavy atom. The van der Waals surface area contributed by atoms with Crippen LogP contribution in [0.2, 0.25) is 0 Å². The molecule has 3 heteroatoms. The maximum atomic E-state index is 8.82. The van der Waals surface area contributed by atoms with Gasteiger partial charge in [-0.3, -0.25) is 4.90 Å². The fraction of sp³-hybridized carbons (Fsp3) is 0.556. The second kappa shape index (κ2) is 7.49. The zero-order valence-electron chi connectivity index (χ0n) is 13.2. The summed E-state index contributed by atoms with van der Waals surface area (Å²) in [7, 11) is 1.66. The number of hydrogen-bond donors (Lipinski definition) is 1. The summed E-state index contributed by atoms with van der Waals surface area (Å²) < 4.78 is 5.36. The Hall–Kier alpha value is -1.50. The number of hydrogen-bond acceptors (Lipinski definition) is 3. The highest BCUT2D eigenvalue weighted by Crippen LogP contribution is 2.25. The van der Waals surface area contributed by atoms with Crippen molar-refractivity contribution >= 4 is 0 Å². The van der Waals surface area contributed by atoms with E-state index in [0.29, 0.717) is 6.42 Å². The fourth-order valence-electron chi connectivity index (χ4n) is 2.80. The Kier molecular flexibility index (Phi) is 5.67. The van der Waals surface area contributed by atoms with Crippen LogP contribution in [0.4, 0.5) is 0 Å². The molecule has 3 nitrogen and oxygen atoms in total. The minimum atomic E-state index is 0.0958. The summed E-state index contributed by atoms with van der Waals surface area (Å²) in [5.74, 6) is 8.40. The number of likely N-dealkylation sites (tertiary alicyclic amines) is 1. The van der Waals surface area contributed by atoms with Crippen molar-refractivity contribution in [1.29, 1.82) is 0 Å². The van der Waals surface area contributed by atoms with Crippen molar-refractivity contribution in [1.82, 2.24) is 4.90 Å². The lowest BCUT2D eigenvalue weighted by Crippen LogP contribution is -2.20. The average molecular weight is 287 g/mol. The highest BCUT2D eigenvalue weighted by Gasteiger charge is 2.25. The summed E-state index contributed by atoms with van der Waals surface area (Å²) in [5, 5.41) is 8.82. The van der Waals surface area contributed by atoms with Crippen molar-refractivity contribution in [2.45, 2.75) is 26.8 Å². The third-order valence-electron chi connectivity index (χ3n) is 4.19. The Bertz CT molecular complexity index is 520. The molecule has 0 spiro atoms. The summed E-state index contributed by atoms with van der Waals surface area (Å²) in [6.07, 6.45) is 0.495. The van der Waals surface area contributed by atoms with E-state index in [0.717, 1.165) is 29.7 Å². The van der Waals surface area contributed by atoms with Gasteiger partial charge >= 0.3 is 0 Å². The first-order chi connectivity index (χ1) is 10.1. The number of nitrogens with zero attached hydrogens (tertiary/aromatic N) is 1. The lowest BCUT2D eigenvalue weighted by Gasteiger charge is -2.16. The number of ether oxygens (including phenoxy) is 1. The molecule has 0 amide bonds. The van der Waals surface area contributed by atoms with Gasteiger partial charge < -0.3 is 9.84 Å². The molecule has 1 aromatic carbocycles. The van der Waals surface area contributed by atoms with Crippen LogP contribution in [0, 0.1) is 23.7 Å². The molecule has 1 aliphatic rings. The lowest BCUT2D eigenvalue weighted by atomic mass is 10.0. The first-order valence-corrected chi connectivity index (χ1v) is 7.63.